The summed E-state index contributed by atoms with van der Waals surface area (Å²) >= 11 is 0. The molecule has 41 heavy (non-hydrogen) atoms. The first-order chi connectivity index (χ1) is 19.3. The van der Waals surface area contributed by atoms with Gasteiger partial charge in [0.05, 0.1) is 0 Å². The van der Waals surface area contributed by atoms with E-state index in [1.807, 2.05) is 0 Å². The third-order valence-corrected chi connectivity index (χ3v) is 9.36. The lowest BCUT2D eigenvalue weighted by atomic mass is 9.51. The average Bonchev–Trinajstić information content (AvgIpc) is 2.81. The van der Waals surface area contributed by atoms with Gasteiger partial charge in [-0.25, -0.2) is 0 Å². The molecular formula is C37H59O3P. The molecule has 0 atom stereocenters. The summed E-state index contributed by atoms with van der Waals surface area (Å²) in [6, 6.07) is 14.0. The first-order valence-electron chi connectivity index (χ1n) is 16.4. The summed E-state index contributed by atoms with van der Waals surface area (Å²) in [5.74, 6) is 2.10. The van der Waals surface area contributed by atoms with Crippen LogP contribution in [0.15, 0.2) is 36.4 Å². The Morgan fingerprint density at radius 3 is 1.49 bits per heavy atom. The van der Waals surface area contributed by atoms with Crippen LogP contribution in [-0.2, 0) is 35.8 Å². The molecule has 2 aromatic carbocycles. The predicted octanol–water partition coefficient (Wildman–Crippen LogP) is 10.3. The van der Waals surface area contributed by atoms with Gasteiger partial charge in [-0.3, -0.25) is 4.52 Å². The van der Waals surface area contributed by atoms with Gasteiger partial charge in [0.15, 0.2) is 0 Å². The molecule has 230 valence electrons. The molecule has 0 aliphatic heterocycles. The highest BCUT2D eigenvalue weighted by atomic mass is 31.2. The Labute approximate surface area is 253 Å². The molecule has 1 aliphatic carbocycles. The van der Waals surface area contributed by atoms with Crippen LogP contribution >= 0.6 is 8.60 Å². The summed E-state index contributed by atoms with van der Waals surface area (Å²) in [6.45, 7) is 20.5. The Morgan fingerprint density at radius 1 is 0.732 bits per heavy atom. The maximum atomic E-state index is 10.8. The van der Waals surface area contributed by atoms with Crippen LogP contribution in [0.5, 0.6) is 0 Å². The van der Waals surface area contributed by atoms with Crippen LogP contribution in [0.25, 0.3) is 0 Å². The third kappa shape index (κ3) is 8.23. The highest BCUT2D eigenvalue weighted by Gasteiger charge is 2.59. The minimum atomic E-state index is -2.60. The Morgan fingerprint density at radius 2 is 1.17 bits per heavy atom. The zero-order valence-corrected chi connectivity index (χ0v) is 28.5. The van der Waals surface area contributed by atoms with Crippen LogP contribution < -0.4 is 0 Å². The lowest BCUT2D eigenvalue weighted by molar-refractivity contribution is -0.0988. The Hall–Kier alpha value is -1.25. The molecule has 2 N–H and O–H groups in total. The zero-order chi connectivity index (χ0) is 30.4. The molecule has 2 aromatic rings. The molecule has 0 amide bonds. The second-order valence-electron chi connectivity index (χ2n) is 14.6. The van der Waals surface area contributed by atoms with Crippen molar-refractivity contribution in [3.8, 4) is 0 Å². The molecule has 1 aliphatic rings. The normalized spacial score (nSPS) is 15.5. The Kier molecular flexibility index (Phi) is 12.5. The van der Waals surface area contributed by atoms with Crippen molar-refractivity contribution in [1.82, 2.24) is 0 Å². The van der Waals surface area contributed by atoms with Crippen molar-refractivity contribution in [2.24, 2.45) is 29.1 Å². The van der Waals surface area contributed by atoms with E-state index in [-0.39, 0.29) is 5.41 Å². The first kappa shape index (κ1) is 34.2. The Balaban J connectivity index is 2.45. The summed E-state index contributed by atoms with van der Waals surface area (Å²) in [6.07, 6.45) is 10.4. The molecular weight excluding hydrogens is 523 g/mol. The van der Waals surface area contributed by atoms with Crippen LogP contribution in [0.4, 0.5) is 0 Å². The monoisotopic (exact) mass is 582 g/mol. The van der Waals surface area contributed by atoms with E-state index in [2.05, 4.69) is 98.7 Å². The van der Waals surface area contributed by atoms with Gasteiger partial charge < -0.3 is 9.79 Å². The lowest BCUT2D eigenvalue weighted by Gasteiger charge is -2.57. The number of hydrogen-bond acceptors (Lipinski definition) is 3. The van der Waals surface area contributed by atoms with E-state index in [0.717, 1.165) is 75.3 Å². The molecule has 0 spiro atoms. The molecule has 0 unspecified atom stereocenters. The fraction of sp³-hybridized carbons (Fsp3) is 0.676. The minimum Gasteiger partial charge on any atom is -0.328 e. The molecule has 0 aromatic heterocycles. The van der Waals surface area contributed by atoms with Crippen LogP contribution in [0.2, 0.25) is 0 Å². The number of rotatable bonds is 16. The predicted molar refractivity (Wildman–Crippen MR) is 176 cm³/mol. The van der Waals surface area contributed by atoms with Crippen molar-refractivity contribution in [3.63, 3.8) is 0 Å². The summed E-state index contributed by atoms with van der Waals surface area (Å²) < 4.78 is 6.78. The van der Waals surface area contributed by atoms with Gasteiger partial charge in [-0.2, -0.15) is 0 Å². The van der Waals surface area contributed by atoms with E-state index < -0.39 is 14.2 Å². The molecule has 4 heteroatoms. The largest absolute Gasteiger partial charge is 0.328 e. The zero-order valence-electron chi connectivity index (χ0n) is 27.6. The third-order valence-electron chi connectivity index (χ3n) is 8.93. The molecule has 0 saturated heterocycles. The van der Waals surface area contributed by atoms with E-state index in [9.17, 15) is 9.79 Å². The average molecular weight is 583 g/mol. The number of unbranched alkanes of at least 4 members (excludes halogenated alkanes) is 1. The molecule has 3 rings (SSSR count). The molecule has 1 fully saturated rings. The fourth-order valence-corrected chi connectivity index (χ4v) is 7.96. The summed E-state index contributed by atoms with van der Waals surface area (Å²) in [5, 5.41) is 0. The summed E-state index contributed by atoms with van der Waals surface area (Å²) in [5.41, 5.74) is 6.56. The summed E-state index contributed by atoms with van der Waals surface area (Å²) in [4.78, 5) is 21.6. The maximum Gasteiger partial charge on any atom is 0.328 e. The lowest BCUT2D eigenvalue weighted by Crippen LogP contribution is -2.53. The molecule has 3 nitrogen and oxygen atoms in total. The van der Waals surface area contributed by atoms with Crippen molar-refractivity contribution in [1.29, 1.82) is 0 Å². The van der Waals surface area contributed by atoms with E-state index in [0.29, 0.717) is 23.7 Å². The summed E-state index contributed by atoms with van der Waals surface area (Å²) in [7, 11) is -2.60. The van der Waals surface area contributed by atoms with Gasteiger partial charge in [-0.15, -0.1) is 0 Å². The second kappa shape index (κ2) is 15.0. The smallest absolute Gasteiger partial charge is 0.328 e. The highest BCUT2D eigenvalue weighted by molar-refractivity contribution is 7.39. The van der Waals surface area contributed by atoms with E-state index in [1.54, 1.807) is 0 Å². The van der Waals surface area contributed by atoms with Crippen LogP contribution in [0.3, 0.4) is 0 Å². The van der Waals surface area contributed by atoms with Crippen molar-refractivity contribution in [2.45, 2.75) is 132 Å². The van der Waals surface area contributed by atoms with Gasteiger partial charge in [-0.05, 0) is 102 Å². The fourth-order valence-electron chi connectivity index (χ4n) is 7.33. The van der Waals surface area contributed by atoms with Gasteiger partial charge in [0.25, 0.3) is 0 Å². The minimum absolute atomic E-state index is 0.175. The van der Waals surface area contributed by atoms with Gasteiger partial charge in [0.2, 0.25) is 0 Å². The van der Waals surface area contributed by atoms with Gasteiger partial charge in [0, 0.05) is 5.41 Å². The SMILES string of the molecule is CCCCC1(C(OP(O)O)(c2ccc(CC(C)C)cc2CC(C)C)c2ccc(CC(C)C)cc2CC(C)C)CCC1. The van der Waals surface area contributed by atoms with E-state index in [4.69, 9.17) is 4.52 Å². The van der Waals surface area contributed by atoms with Crippen LogP contribution in [-0.4, -0.2) is 9.79 Å². The van der Waals surface area contributed by atoms with Crippen molar-refractivity contribution in [3.05, 3.63) is 69.8 Å². The number of benzene rings is 2. The van der Waals surface area contributed by atoms with Crippen LogP contribution in [0, 0.1) is 29.1 Å². The Bertz CT molecular complexity index is 1030. The molecule has 1 saturated carbocycles. The van der Waals surface area contributed by atoms with Crippen molar-refractivity contribution >= 4 is 8.60 Å². The highest BCUT2D eigenvalue weighted by Crippen LogP contribution is 2.65. The molecule has 0 radical (unpaired) electrons. The van der Waals surface area contributed by atoms with E-state index in [1.165, 1.54) is 22.3 Å². The second-order valence-corrected chi connectivity index (χ2v) is 15.3. The first-order valence-corrected chi connectivity index (χ1v) is 17.6. The van der Waals surface area contributed by atoms with E-state index >= 15 is 0 Å². The molecule has 0 bridgehead atoms. The van der Waals surface area contributed by atoms with Gasteiger partial charge in [-0.1, -0.05) is 118 Å². The molecule has 0 heterocycles. The number of hydrogen-bond donors (Lipinski definition) is 2. The topological polar surface area (TPSA) is 49.7 Å². The van der Waals surface area contributed by atoms with Gasteiger partial charge >= 0.3 is 8.60 Å². The maximum absolute atomic E-state index is 10.8. The van der Waals surface area contributed by atoms with Crippen molar-refractivity contribution < 1.29 is 14.3 Å². The van der Waals surface area contributed by atoms with Crippen LogP contribution in [0.1, 0.15) is 134 Å². The van der Waals surface area contributed by atoms with Crippen molar-refractivity contribution in [2.75, 3.05) is 0 Å². The van der Waals surface area contributed by atoms with Gasteiger partial charge in [0.1, 0.15) is 5.60 Å². The quantitative estimate of drug-likeness (QED) is 0.194. The standard InChI is InChI=1S/C37H59O3P/c1-10-11-17-36(18-12-19-36)37(40-41(38)39,34-15-13-30(20-26(2)3)24-32(34)22-28(6)7)35-16-14-31(21-27(4)5)25-33(35)23-29(8)9/h13-16,24-29,38-39H,10-12,17-23H2,1-9H3.